The Labute approximate surface area is 212 Å². The van der Waals surface area contributed by atoms with E-state index >= 15 is 0 Å². The molecule has 7 heteroatoms. The molecule has 4 bridgehead atoms. The van der Waals surface area contributed by atoms with Crippen LogP contribution >= 0.6 is 11.6 Å². The summed E-state index contributed by atoms with van der Waals surface area (Å²) in [5, 5.41) is 13.5. The van der Waals surface area contributed by atoms with Gasteiger partial charge in [-0.1, -0.05) is 29.8 Å². The van der Waals surface area contributed by atoms with Crippen molar-refractivity contribution in [3.63, 3.8) is 0 Å². The van der Waals surface area contributed by atoms with E-state index in [2.05, 4.69) is 22.5 Å². The molecular weight excluding hydrogens is 458 g/mol. The molecule has 1 amide bonds. The maximum absolute atomic E-state index is 13.5. The lowest BCUT2D eigenvalue weighted by atomic mass is 9.48. The summed E-state index contributed by atoms with van der Waals surface area (Å²) >= 11 is 6.28. The first-order valence-corrected chi connectivity index (χ1v) is 13.4. The highest BCUT2D eigenvalue weighted by atomic mass is 35.5. The second-order valence-corrected chi connectivity index (χ2v) is 11.6. The molecule has 1 N–H and O–H groups in total. The second kappa shape index (κ2) is 8.81. The van der Waals surface area contributed by atoms with Crippen LogP contribution in [0.25, 0.3) is 5.69 Å². The first kappa shape index (κ1) is 22.8. The lowest BCUT2D eigenvalue weighted by Gasteiger charge is -2.56. The standard InChI is InChI=1S/C28H34ClN5O/c1-18-25(29)19(2)33(31-18)10-6-9-30-27(35)24-17-34(23-7-4-3-5-8-23)32-26(24)28-14-20-11-21(15-28)13-22(12-20)16-28/h3-5,7-8,17,20-22H,6,9-16H2,1-2H3,(H,30,35). The number of halogens is 1. The average molecular weight is 492 g/mol. The third-order valence-corrected chi connectivity index (χ3v) is 9.19. The largest absolute Gasteiger partial charge is 0.352 e. The number of hydrogen-bond acceptors (Lipinski definition) is 3. The molecule has 0 atom stereocenters. The van der Waals surface area contributed by atoms with Crippen LogP contribution < -0.4 is 5.32 Å². The third kappa shape index (κ3) is 4.10. The van der Waals surface area contributed by atoms with Gasteiger partial charge in [0.2, 0.25) is 0 Å². The van der Waals surface area contributed by atoms with Gasteiger partial charge in [-0.2, -0.15) is 10.2 Å². The zero-order valence-electron chi connectivity index (χ0n) is 20.6. The first-order chi connectivity index (χ1) is 16.9. The average Bonchev–Trinajstić information content (AvgIpc) is 3.40. The van der Waals surface area contributed by atoms with Crippen molar-refractivity contribution in [2.24, 2.45) is 17.8 Å². The zero-order chi connectivity index (χ0) is 24.2. The Morgan fingerprint density at radius 2 is 1.71 bits per heavy atom. The maximum atomic E-state index is 13.5. The molecule has 35 heavy (non-hydrogen) atoms. The lowest BCUT2D eigenvalue weighted by molar-refractivity contribution is -0.00770. The monoisotopic (exact) mass is 491 g/mol. The number of rotatable bonds is 7. The quantitative estimate of drug-likeness (QED) is 0.436. The molecule has 0 radical (unpaired) electrons. The predicted molar refractivity (Wildman–Crippen MR) is 137 cm³/mol. The van der Waals surface area contributed by atoms with Crippen molar-refractivity contribution in [3.05, 3.63) is 64.2 Å². The van der Waals surface area contributed by atoms with E-state index in [4.69, 9.17) is 16.7 Å². The van der Waals surface area contributed by atoms with Crippen LogP contribution in [0.3, 0.4) is 0 Å². The summed E-state index contributed by atoms with van der Waals surface area (Å²) in [5.74, 6) is 2.38. The number of aryl methyl sites for hydroxylation is 2. The van der Waals surface area contributed by atoms with Gasteiger partial charge < -0.3 is 5.32 Å². The van der Waals surface area contributed by atoms with Crippen molar-refractivity contribution in [2.45, 2.75) is 70.8 Å². The van der Waals surface area contributed by atoms with Crippen molar-refractivity contribution in [1.29, 1.82) is 0 Å². The molecule has 3 aromatic rings. The van der Waals surface area contributed by atoms with E-state index in [1.807, 2.05) is 47.6 Å². The fourth-order valence-electron chi connectivity index (χ4n) is 7.46. The van der Waals surface area contributed by atoms with E-state index in [-0.39, 0.29) is 11.3 Å². The molecule has 4 aliphatic carbocycles. The number of benzene rings is 1. The van der Waals surface area contributed by atoms with Gasteiger partial charge in [0.15, 0.2) is 0 Å². The summed E-state index contributed by atoms with van der Waals surface area (Å²) in [7, 11) is 0. The van der Waals surface area contributed by atoms with Crippen molar-refractivity contribution in [1.82, 2.24) is 24.9 Å². The fraction of sp³-hybridized carbons (Fsp3) is 0.536. The minimum atomic E-state index is -0.00988. The Kier molecular flexibility index (Phi) is 5.75. The van der Waals surface area contributed by atoms with Gasteiger partial charge in [0.05, 0.1) is 33.4 Å². The molecule has 0 saturated heterocycles. The molecule has 6 nitrogen and oxygen atoms in total. The van der Waals surface area contributed by atoms with Crippen molar-refractivity contribution >= 4 is 17.5 Å². The van der Waals surface area contributed by atoms with Gasteiger partial charge in [-0.05, 0) is 88.7 Å². The molecule has 2 aromatic heterocycles. The van der Waals surface area contributed by atoms with E-state index in [1.165, 1.54) is 38.5 Å². The van der Waals surface area contributed by atoms with Crippen molar-refractivity contribution < 1.29 is 4.79 Å². The van der Waals surface area contributed by atoms with E-state index in [9.17, 15) is 4.79 Å². The normalized spacial score (nSPS) is 26.9. The number of para-hydroxylation sites is 1. The summed E-state index contributed by atoms with van der Waals surface area (Å²) in [6.07, 6.45) is 10.4. The minimum absolute atomic E-state index is 0.00988. The number of hydrogen-bond donors (Lipinski definition) is 1. The highest BCUT2D eigenvalue weighted by Gasteiger charge is 2.53. The van der Waals surface area contributed by atoms with Crippen LogP contribution in [0.4, 0.5) is 0 Å². The molecule has 2 heterocycles. The Morgan fingerprint density at radius 3 is 2.31 bits per heavy atom. The van der Waals surface area contributed by atoms with Crippen molar-refractivity contribution in [3.8, 4) is 5.69 Å². The maximum Gasteiger partial charge on any atom is 0.254 e. The lowest BCUT2D eigenvalue weighted by Crippen LogP contribution is -2.49. The highest BCUT2D eigenvalue weighted by Crippen LogP contribution is 2.60. The van der Waals surface area contributed by atoms with Crippen molar-refractivity contribution in [2.75, 3.05) is 6.54 Å². The van der Waals surface area contributed by atoms with Gasteiger partial charge in [-0.15, -0.1) is 0 Å². The summed E-state index contributed by atoms with van der Waals surface area (Å²) in [4.78, 5) is 13.5. The van der Waals surface area contributed by atoms with Gasteiger partial charge in [0.1, 0.15) is 0 Å². The number of aromatic nitrogens is 4. The Balaban J connectivity index is 1.24. The van der Waals surface area contributed by atoms with E-state index in [0.717, 1.165) is 64.1 Å². The smallest absolute Gasteiger partial charge is 0.254 e. The third-order valence-electron chi connectivity index (χ3n) is 8.65. The summed E-state index contributed by atoms with van der Waals surface area (Å²) in [6, 6.07) is 10.2. The zero-order valence-corrected chi connectivity index (χ0v) is 21.4. The molecule has 4 aliphatic rings. The molecule has 0 aliphatic heterocycles. The Bertz CT molecular complexity index is 1210. The molecule has 4 saturated carbocycles. The van der Waals surface area contributed by atoms with E-state index in [1.54, 1.807) is 0 Å². The van der Waals surface area contributed by atoms with E-state index in [0.29, 0.717) is 6.54 Å². The van der Waals surface area contributed by atoms with Gasteiger partial charge in [0.25, 0.3) is 5.91 Å². The Hall–Kier alpha value is -2.60. The van der Waals surface area contributed by atoms with Crippen LogP contribution in [0, 0.1) is 31.6 Å². The molecular formula is C28H34ClN5O. The fourth-order valence-corrected chi connectivity index (χ4v) is 7.60. The molecule has 4 fully saturated rings. The highest BCUT2D eigenvalue weighted by molar-refractivity contribution is 6.31. The summed E-state index contributed by atoms with van der Waals surface area (Å²) in [6.45, 7) is 5.22. The van der Waals surface area contributed by atoms with Crippen LogP contribution in [0.15, 0.2) is 36.5 Å². The van der Waals surface area contributed by atoms with Crippen LogP contribution in [-0.2, 0) is 12.0 Å². The molecule has 0 unspecified atom stereocenters. The predicted octanol–water partition coefficient (Wildman–Crippen LogP) is 5.63. The SMILES string of the molecule is Cc1nn(CCCNC(=O)c2cn(-c3ccccc3)nc2C23CC4CC(CC(C4)C2)C3)c(C)c1Cl. The van der Waals surface area contributed by atoms with Crippen LogP contribution in [0.5, 0.6) is 0 Å². The van der Waals surface area contributed by atoms with Gasteiger partial charge in [-0.3, -0.25) is 9.48 Å². The number of nitrogens with zero attached hydrogens (tertiary/aromatic N) is 4. The topological polar surface area (TPSA) is 64.7 Å². The van der Waals surface area contributed by atoms with E-state index < -0.39 is 0 Å². The number of carbonyl (C=O) groups excluding carboxylic acids is 1. The molecule has 184 valence electrons. The number of nitrogens with one attached hydrogen (secondary N) is 1. The number of amides is 1. The minimum Gasteiger partial charge on any atom is -0.352 e. The molecule has 1 aromatic carbocycles. The summed E-state index contributed by atoms with van der Waals surface area (Å²) in [5.41, 5.74) is 4.67. The van der Waals surface area contributed by atoms with Crippen LogP contribution in [0.1, 0.15) is 72.4 Å². The van der Waals surface area contributed by atoms with Gasteiger partial charge >= 0.3 is 0 Å². The van der Waals surface area contributed by atoms with Crippen LogP contribution in [-0.4, -0.2) is 32.0 Å². The molecule has 0 spiro atoms. The summed E-state index contributed by atoms with van der Waals surface area (Å²) < 4.78 is 3.85. The van der Waals surface area contributed by atoms with Gasteiger partial charge in [-0.25, -0.2) is 4.68 Å². The van der Waals surface area contributed by atoms with Crippen LogP contribution in [0.2, 0.25) is 5.02 Å². The first-order valence-electron chi connectivity index (χ1n) is 13.0. The number of carbonyl (C=O) groups is 1. The molecule has 7 rings (SSSR count). The second-order valence-electron chi connectivity index (χ2n) is 11.2. The van der Waals surface area contributed by atoms with Gasteiger partial charge in [0, 0.05) is 24.7 Å². The Morgan fingerprint density at radius 1 is 1.06 bits per heavy atom.